The fraction of sp³-hybridized carbons (Fsp3) is 0.350. The Labute approximate surface area is 181 Å². The molecule has 2 aromatic carbocycles. The molecular weight excluding hydrogens is 437 g/mol. The summed E-state index contributed by atoms with van der Waals surface area (Å²) in [6.45, 7) is 3.27. The van der Waals surface area contributed by atoms with Gasteiger partial charge in [0.05, 0.1) is 22.2 Å². The number of nitrogens with one attached hydrogen (secondary N) is 1. The van der Waals surface area contributed by atoms with Crippen molar-refractivity contribution in [3.63, 3.8) is 0 Å². The molecule has 11 heteroatoms. The summed E-state index contributed by atoms with van der Waals surface area (Å²) in [6.07, 6.45) is -4.58. The first-order chi connectivity index (χ1) is 14.6. The number of amides is 1. The van der Waals surface area contributed by atoms with E-state index in [0.29, 0.717) is 31.9 Å². The lowest BCUT2D eigenvalue weighted by molar-refractivity contribution is -0.384. The maximum absolute atomic E-state index is 13.1. The molecule has 0 spiro atoms. The molecule has 0 aromatic heterocycles. The lowest BCUT2D eigenvalue weighted by Gasteiger charge is -2.38. The number of piperazine rings is 1. The number of anilines is 2. The van der Waals surface area contributed by atoms with E-state index >= 15 is 0 Å². The van der Waals surface area contributed by atoms with Crippen LogP contribution in [0.25, 0.3) is 0 Å². The molecular formula is C20H20ClF3N4O3. The molecule has 1 N–H and O–H groups in total. The Bertz CT molecular complexity index is 978. The van der Waals surface area contributed by atoms with Crippen LogP contribution in [0.5, 0.6) is 0 Å². The molecule has 0 aliphatic carbocycles. The van der Waals surface area contributed by atoms with Crippen molar-refractivity contribution in [3.8, 4) is 0 Å². The van der Waals surface area contributed by atoms with Crippen molar-refractivity contribution in [1.82, 2.24) is 4.90 Å². The van der Waals surface area contributed by atoms with Crippen LogP contribution in [-0.2, 0) is 11.0 Å². The van der Waals surface area contributed by atoms with Gasteiger partial charge in [0.2, 0.25) is 5.91 Å². The Balaban J connectivity index is 1.66. The summed E-state index contributed by atoms with van der Waals surface area (Å²) in [7, 11) is 0. The molecule has 0 saturated carbocycles. The predicted molar refractivity (Wildman–Crippen MR) is 111 cm³/mol. The highest BCUT2D eigenvalue weighted by Gasteiger charge is 2.34. The molecule has 2 aromatic rings. The summed E-state index contributed by atoms with van der Waals surface area (Å²) in [5.41, 5.74) is -0.863. The van der Waals surface area contributed by atoms with Gasteiger partial charge in [-0.05, 0) is 31.2 Å². The smallest absolute Gasteiger partial charge is 0.363 e. The van der Waals surface area contributed by atoms with Crippen molar-refractivity contribution in [2.75, 3.05) is 36.4 Å². The SMILES string of the molecule is C[C@H](C(=O)Nc1ccccc1C(F)(F)F)N1CCN(c2ccc(Cl)cc2[N+](=O)[O-])CC1. The second-order valence-corrected chi connectivity index (χ2v) is 7.56. The first-order valence-corrected chi connectivity index (χ1v) is 9.85. The highest BCUT2D eigenvalue weighted by Crippen LogP contribution is 2.35. The zero-order valence-corrected chi connectivity index (χ0v) is 17.3. The van der Waals surface area contributed by atoms with Crippen LogP contribution in [0.4, 0.5) is 30.2 Å². The molecule has 31 heavy (non-hydrogen) atoms. The van der Waals surface area contributed by atoms with Gasteiger partial charge in [0.15, 0.2) is 0 Å². The second-order valence-electron chi connectivity index (χ2n) is 7.12. The zero-order chi connectivity index (χ0) is 22.8. The highest BCUT2D eigenvalue weighted by atomic mass is 35.5. The third kappa shape index (κ3) is 5.26. The number of rotatable bonds is 5. The van der Waals surface area contributed by atoms with Gasteiger partial charge in [-0.3, -0.25) is 19.8 Å². The molecule has 166 valence electrons. The summed E-state index contributed by atoms with van der Waals surface area (Å²) < 4.78 is 39.4. The van der Waals surface area contributed by atoms with Crippen molar-refractivity contribution in [2.24, 2.45) is 0 Å². The largest absolute Gasteiger partial charge is 0.418 e. The molecule has 1 saturated heterocycles. The monoisotopic (exact) mass is 456 g/mol. The van der Waals surface area contributed by atoms with Gasteiger partial charge in [0.1, 0.15) is 5.69 Å². The van der Waals surface area contributed by atoms with Gasteiger partial charge < -0.3 is 10.2 Å². The van der Waals surface area contributed by atoms with Crippen molar-refractivity contribution >= 4 is 34.6 Å². The van der Waals surface area contributed by atoms with Gasteiger partial charge in [-0.2, -0.15) is 13.2 Å². The maximum atomic E-state index is 13.1. The molecule has 1 heterocycles. The van der Waals surface area contributed by atoms with E-state index in [1.54, 1.807) is 19.1 Å². The van der Waals surface area contributed by atoms with Gasteiger partial charge in [0, 0.05) is 37.3 Å². The number of para-hydroxylation sites is 1. The first-order valence-electron chi connectivity index (χ1n) is 9.48. The van der Waals surface area contributed by atoms with Gasteiger partial charge in [0.25, 0.3) is 5.69 Å². The van der Waals surface area contributed by atoms with Crippen molar-refractivity contribution < 1.29 is 22.9 Å². The highest BCUT2D eigenvalue weighted by molar-refractivity contribution is 6.30. The molecule has 0 radical (unpaired) electrons. The Morgan fingerprint density at radius 2 is 1.81 bits per heavy atom. The van der Waals surface area contributed by atoms with Crippen LogP contribution < -0.4 is 10.2 Å². The number of nitro groups is 1. The summed E-state index contributed by atoms with van der Waals surface area (Å²) in [5.74, 6) is -0.553. The third-order valence-corrected chi connectivity index (χ3v) is 5.44. The normalized spacial score (nSPS) is 16.1. The average Bonchev–Trinajstić information content (AvgIpc) is 2.73. The predicted octanol–water partition coefficient (Wildman–Crippen LogP) is 4.42. The Morgan fingerprint density at radius 1 is 1.16 bits per heavy atom. The van der Waals surface area contributed by atoms with E-state index in [0.717, 1.165) is 6.07 Å². The molecule has 0 bridgehead atoms. The standard InChI is InChI=1S/C20H20ClF3N4O3/c1-13(19(29)25-16-5-3-2-4-15(16)20(22,23)24)26-8-10-27(11-9-26)17-7-6-14(21)12-18(17)28(30)31/h2-7,12-13H,8-11H2,1H3,(H,25,29)/t13-/m1/s1. The van der Waals surface area contributed by atoms with Crippen LogP contribution in [0.1, 0.15) is 12.5 Å². The minimum atomic E-state index is -4.58. The quantitative estimate of drug-likeness (QED) is 0.532. The van der Waals surface area contributed by atoms with Gasteiger partial charge in [-0.1, -0.05) is 23.7 Å². The van der Waals surface area contributed by atoms with E-state index in [4.69, 9.17) is 11.6 Å². The topological polar surface area (TPSA) is 78.7 Å². The molecule has 0 unspecified atom stereocenters. The number of halogens is 4. The van der Waals surface area contributed by atoms with Crippen molar-refractivity contribution in [3.05, 3.63) is 63.2 Å². The van der Waals surface area contributed by atoms with Crippen LogP contribution in [0, 0.1) is 10.1 Å². The summed E-state index contributed by atoms with van der Waals surface area (Å²) in [6, 6.07) is 8.58. The van der Waals surface area contributed by atoms with E-state index in [1.165, 1.54) is 24.3 Å². The number of carbonyl (C=O) groups is 1. The maximum Gasteiger partial charge on any atom is 0.418 e. The zero-order valence-electron chi connectivity index (χ0n) is 16.5. The second kappa shape index (κ2) is 9.11. The van der Waals surface area contributed by atoms with Crippen LogP contribution in [0.15, 0.2) is 42.5 Å². The average molecular weight is 457 g/mol. The Kier molecular flexibility index (Phi) is 6.71. The number of nitro benzene ring substituents is 1. The van der Waals surface area contributed by atoms with Crippen LogP contribution in [-0.4, -0.2) is 48.0 Å². The van der Waals surface area contributed by atoms with E-state index in [2.05, 4.69) is 5.32 Å². The number of benzene rings is 2. The molecule has 3 rings (SSSR count). The summed E-state index contributed by atoms with van der Waals surface area (Å²) in [5, 5.41) is 14.0. The minimum Gasteiger partial charge on any atom is -0.363 e. The fourth-order valence-corrected chi connectivity index (χ4v) is 3.67. The van der Waals surface area contributed by atoms with Crippen molar-refractivity contribution in [2.45, 2.75) is 19.1 Å². The Morgan fingerprint density at radius 3 is 2.42 bits per heavy atom. The summed E-state index contributed by atoms with van der Waals surface area (Å²) >= 11 is 5.86. The third-order valence-electron chi connectivity index (χ3n) is 5.21. The lowest BCUT2D eigenvalue weighted by atomic mass is 10.1. The number of hydrogen-bond acceptors (Lipinski definition) is 5. The number of hydrogen-bond donors (Lipinski definition) is 1. The molecule has 7 nitrogen and oxygen atoms in total. The van der Waals surface area contributed by atoms with Crippen LogP contribution in [0.2, 0.25) is 5.02 Å². The molecule has 1 amide bonds. The van der Waals surface area contributed by atoms with Crippen LogP contribution >= 0.6 is 11.6 Å². The number of alkyl halides is 3. The molecule has 1 fully saturated rings. The minimum absolute atomic E-state index is 0.101. The molecule has 1 aliphatic heterocycles. The van der Waals surface area contributed by atoms with E-state index in [1.807, 2.05) is 9.80 Å². The number of nitrogens with zero attached hydrogens (tertiary/aromatic N) is 3. The van der Waals surface area contributed by atoms with E-state index < -0.39 is 28.6 Å². The van der Waals surface area contributed by atoms with E-state index in [-0.39, 0.29) is 16.4 Å². The lowest BCUT2D eigenvalue weighted by Crippen LogP contribution is -2.53. The van der Waals surface area contributed by atoms with E-state index in [9.17, 15) is 28.1 Å². The van der Waals surface area contributed by atoms with Crippen LogP contribution in [0.3, 0.4) is 0 Å². The fourth-order valence-electron chi connectivity index (χ4n) is 3.50. The van der Waals surface area contributed by atoms with Crippen molar-refractivity contribution in [1.29, 1.82) is 0 Å². The van der Waals surface area contributed by atoms with Gasteiger partial charge in [-0.15, -0.1) is 0 Å². The molecule has 1 atom stereocenters. The van der Waals surface area contributed by atoms with Gasteiger partial charge in [-0.25, -0.2) is 0 Å². The van der Waals surface area contributed by atoms with Gasteiger partial charge >= 0.3 is 6.18 Å². The number of carbonyl (C=O) groups excluding carboxylic acids is 1. The first kappa shape index (κ1) is 22.8. The summed E-state index contributed by atoms with van der Waals surface area (Å²) in [4.78, 5) is 27.1. The Hall–Kier alpha value is -2.85. The molecule has 1 aliphatic rings.